The van der Waals surface area contributed by atoms with Crippen molar-refractivity contribution < 1.29 is 0 Å². The second-order valence-electron chi connectivity index (χ2n) is 3.26. The van der Waals surface area contributed by atoms with Gasteiger partial charge in [-0.1, -0.05) is 24.8 Å². The maximum atomic E-state index is 5.38. The lowest BCUT2D eigenvalue weighted by atomic mass is 10.1. The fourth-order valence-electron chi connectivity index (χ4n) is 1.10. The molecule has 0 bridgehead atoms. The molecule has 0 fully saturated rings. The largest absolute Gasteiger partial charge is 0.330 e. The summed E-state index contributed by atoms with van der Waals surface area (Å²) in [4.78, 5) is 0. The monoisotopic (exact) mass is 155 g/mol. The van der Waals surface area contributed by atoms with E-state index >= 15 is 0 Å². The molecule has 1 heteroatoms. The molecule has 0 unspecified atom stereocenters. The fourth-order valence-corrected chi connectivity index (χ4v) is 1.10. The van der Waals surface area contributed by atoms with E-state index in [1.807, 2.05) is 0 Å². The molecule has 0 saturated heterocycles. The molecule has 0 rings (SSSR count). The Hall–Kier alpha value is -0.300. The lowest BCUT2D eigenvalue weighted by molar-refractivity contribution is 0.617. The quantitative estimate of drug-likeness (QED) is 0.444. The summed E-state index contributed by atoms with van der Waals surface area (Å²) >= 11 is 0. The standard InChI is InChI=1S/C10H21N/c1-10(2)8-6-4-3-5-7-9-11/h1,3-9,11H2,2H3. The van der Waals surface area contributed by atoms with E-state index in [0.717, 1.165) is 6.54 Å². The smallest absolute Gasteiger partial charge is 0.00773 e. The van der Waals surface area contributed by atoms with Gasteiger partial charge in [-0.3, -0.25) is 0 Å². The Bertz CT molecular complexity index is 97.0. The fraction of sp³-hybridized carbons (Fsp3) is 0.800. The third-order valence-electron chi connectivity index (χ3n) is 1.81. The van der Waals surface area contributed by atoms with E-state index in [0.29, 0.717) is 0 Å². The summed E-state index contributed by atoms with van der Waals surface area (Å²) < 4.78 is 0. The van der Waals surface area contributed by atoms with Crippen molar-refractivity contribution in [2.45, 2.75) is 45.4 Å². The molecule has 0 spiro atoms. The number of hydrogen-bond donors (Lipinski definition) is 1. The number of nitrogens with two attached hydrogens (primary N) is 1. The molecule has 0 radical (unpaired) electrons. The first-order valence-electron chi connectivity index (χ1n) is 4.62. The van der Waals surface area contributed by atoms with Crippen molar-refractivity contribution in [3.63, 3.8) is 0 Å². The minimum atomic E-state index is 0.848. The number of rotatable bonds is 7. The van der Waals surface area contributed by atoms with Crippen LogP contribution in [0.25, 0.3) is 0 Å². The van der Waals surface area contributed by atoms with Gasteiger partial charge in [-0.05, 0) is 32.7 Å². The predicted molar refractivity (Wildman–Crippen MR) is 51.6 cm³/mol. The van der Waals surface area contributed by atoms with Crippen LogP contribution < -0.4 is 5.73 Å². The Morgan fingerprint density at radius 3 is 2.18 bits per heavy atom. The highest BCUT2D eigenvalue weighted by molar-refractivity contribution is 4.86. The third kappa shape index (κ3) is 9.70. The highest BCUT2D eigenvalue weighted by atomic mass is 14.5. The van der Waals surface area contributed by atoms with E-state index in [4.69, 9.17) is 5.73 Å². The molecule has 0 aliphatic heterocycles. The number of unbranched alkanes of at least 4 members (excludes halogenated alkanes) is 4. The van der Waals surface area contributed by atoms with Crippen molar-refractivity contribution in [3.05, 3.63) is 12.2 Å². The summed E-state index contributed by atoms with van der Waals surface area (Å²) in [5.41, 5.74) is 6.69. The summed E-state index contributed by atoms with van der Waals surface area (Å²) in [6.07, 6.45) is 7.67. The molecule has 0 saturated carbocycles. The van der Waals surface area contributed by atoms with E-state index in [1.54, 1.807) is 0 Å². The van der Waals surface area contributed by atoms with Crippen molar-refractivity contribution in [1.29, 1.82) is 0 Å². The molecule has 0 aliphatic carbocycles. The van der Waals surface area contributed by atoms with Gasteiger partial charge in [-0.15, -0.1) is 6.58 Å². The Morgan fingerprint density at radius 1 is 1.09 bits per heavy atom. The van der Waals surface area contributed by atoms with Crippen molar-refractivity contribution in [3.8, 4) is 0 Å². The lowest BCUT2D eigenvalue weighted by Crippen LogP contribution is -1.97. The van der Waals surface area contributed by atoms with Crippen molar-refractivity contribution in [2.75, 3.05) is 6.54 Å². The average Bonchev–Trinajstić information content (AvgIpc) is 1.96. The van der Waals surface area contributed by atoms with Gasteiger partial charge in [0.2, 0.25) is 0 Å². The molecule has 2 N–H and O–H groups in total. The highest BCUT2D eigenvalue weighted by Gasteiger charge is 1.89. The number of allylic oxidation sites excluding steroid dienone is 1. The van der Waals surface area contributed by atoms with E-state index in [1.165, 1.54) is 44.1 Å². The minimum absolute atomic E-state index is 0.848. The third-order valence-corrected chi connectivity index (χ3v) is 1.81. The molecule has 0 aromatic rings. The average molecular weight is 155 g/mol. The van der Waals surface area contributed by atoms with Crippen LogP contribution in [0.1, 0.15) is 45.4 Å². The van der Waals surface area contributed by atoms with Gasteiger partial charge in [0.05, 0.1) is 0 Å². The van der Waals surface area contributed by atoms with Crippen LogP contribution in [0.5, 0.6) is 0 Å². The minimum Gasteiger partial charge on any atom is -0.330 e. The maximum Gasteiger partial charge on any atom is -0.00773 e. The van der Waals surface area contributed by atoms with Gasteiger partial charge in [-0.2, -0.15) is 0 Å². The van der Waals surface area contributed by atoms with Crippen LogP contribution in [-0.2, 0) is 0 Å². The van der Waals surface area contributed by atoms with Crippen LogP contribution in [0.4, 0.5) is 0 Å². The summed E-state index contributed by atoms with van der Waals surface area (Å²) in [6, 6.07) is 0. The van der Waals surface area contributed by atoms with Crippen LogP contribution in [0.2, 0.25) is 0 Å². The van der Waals surface area contributed by atoms with Crippen molar-refractivity contribution in [2.24, 2.45) is 5.73 Å². The Balaban J connectivity index is 2.85. The molecule has 0 aromatic heterocycles. The molecule has 0 heterocycles. The zero-order chi connectivity index (χ0) is 8.53. The molecule has 0 aromatic carbocycles. The molecular formula is C10H21N. The predicted octanol–water partition coefficient (Wildman–Crippen LogP) is 2.86. The Morgan fingerprint density at radius 2 is 1.64 bits per heavy atom. The van der Waals surface area contributed by atoms with Crippen LogP contribution in [-0.4, -0.2) is 6.54 Å². The van der Waals surface area contributed by atoms with Gasteiger partial charge in [0.25, 0.3) is 0 Å². The van der Waals surface area contributed by atoms with Gasteiger partial charge in [0.15, 0.2) is 0 Å². The van der Waals surface area contributed by atoms with Gasteiger partial charge < -0.3 is 5.73 Å². The Kier molecular flexibility index (Phi) is 7.59. The molecule has 11 heavy (non-hydrogen) atoms. The summed E-state index contributed by atoms with van der Waals surface area (Å²) in [6.45, 7) is 6.81. The molecular weight excluding hydrogens is 134 g/mol. The second-order valence-corrected chi connectivity index (χ2v) is 3.26. The topological polar surface area (TPSA) is 26.0 Å². The normalized spacial score (nSPS) is 10.0. The second kappa shape index (κ2) is 7.80. The SMILES string of the molecule is C=C(C)CCCCCCCN. The molecule has 1 nitrogen and oxygen atoms in total. The highest BCUT2D eigenvalue weighted by Crippen LogP contribution is 2.08. The van der Waals surface area contributed by atoms with Crippen molar-refractivity contribution >= 4 is 0 Å². The Labute approximate surface area is 70.7 Å². The van der Waals surface area contributed by atoms with E-state index in [-0.39, 0.29) is 0 Å². The zero-order valence-electron chi connectivity index (χ0n) is 7.73. The zero-order valence-corrected chi connectivity index (χ0v) is 7.73. The van der Waals surface area contributed by atoms with E-state index < -0.39 is 0 Å². The van der Waals surface area contributed by atoms with Gasteiger partial charge in [0, 0.05) is 0 Å². The van der Waals surface area contributed by atoms with E-state index in [2.05, 4.69) is 13.5 Å². The van der Waals surface area contributed by atoms with Crippen LogP contribution in [0.15, 0.2) is 12.2 Å². The van der Waals surface area contributed by atoms with E-state index in [9.17, 15) is 0 Å². The molecule has 0 atom stereocenters. The van der Waals surface area contributed by atoms with Gasteiger partial charge in [0.1, 0.15) is 0 Å². The van der Waals surface area contributed by atoms with Crippen LogP contribution >= 0.6 is 0 Å². The first-order valence-corrected chi connectivity index (χ1v) is 4.62. The molecule has 0 amide bonds. The molecule has 66 valence electrons. The lowest BCUT2D eigenvalue weighted by Gasteiger charge is -1.99. The summed E-state index contributed by atoms with van der Waals surface area (Å²) in [7, 11) is 0. The summed E-state index contributed by atoms with van der Waals surface area (Å²) in [5, 5.41) is 0. The first-order chi connectivity index (χ1) is 5.27. The van der Waals surface area contributed by atoms with Gasteiger partial charge >= 0.3 is 0 Å². The first kappa shape index (κ1) is 10.7. The van der Waals surface area contributed by atoms with Crippen LogP contribution in [0, 0.1) is 0 Å². The number of hydrogen-bond acceptors (Lipinski definition) is 1. The molecule has 0 aliphatic rings. The van der Waals surface area contributed by atoms with Crippen molar-refractivity contribution in [1.82, 2.24) is 0 Å². The summed E-state index contributed by atoms with van der Waals surface area (Å²) in [5.74, 6) is 0. The van der Waals surface area contributed by atoms with Gasteiger partial charge in [-0.25, -0.2) is 0 Å². The maximum absolute atomic E-state index is 5.38. The van der Waals surface area contributed by atoms with Crippen LogP contribution in [0.3, 0.4) is 0 Å².